The number of hydrogen-bond donors (Lipinski definition) is 2. The van der Waals surface area contributed by atoms with Gasteiger partial charge >= 0.3 is 0 Å². The zero-order valence-corrected chi connectivity index (χ0v) is 8.22. The van der Waals surface area contributed by atoms with Crippen molar-refractivity contribution in [2.45, 2.75) is 13.8 Å². The second kappa shape index (κ2) is 2.87. The Morgan fingerprint density at radius 2 is 2.07 bits per heavy atom. The predicted molar refractivity (Wildman–Crippen MR) is 56.3 cm³/mol. The van der Waals surface area contributed by atoms with Gasteiger partial charge in [0.25, 0.3) is 5.91 Å². The number of hydrogen-bond acceptors (Lipinski definition) is 1. The Labute approximate surface area is 81.9 Å². The summed E-state index contributed by atoms with van der Waals surface area (Å²) in [5.74, 6) is -0.376. The molecular weight excluding hydrogens is 176 g/mol. The number of rotatable bonds is 1. The van der Waals surface area contributed by atoms with Crippen LogP contribution in [0.3, 0.4) is 0 Å². The number of nitrogens with one attached hydrogen (secondary N) is 1. The van der Waals surface area contributed by atoms with Gasteiger partial charge in [0.15, 0.2) is 0 Å². The fraction of sp³-hybridized carbons (Fsp3) is 0.182. The number of benzene rings is 1. The van der Waals surface area contributed by atoms with Gasteiger partial charge in [0, 0.05) is 16.6 Å². The SMILES string of the molecule is Cc1ccc2[nH]c(C)c(C(N)=O)c2c1. The van der Waals surface area contributed by atoms with Crippen molar-refractivity contribution in [3.63, 3.8) is 0 Å². The van der Waals surface area contributed by atoms with E-state index < -0.39 is 0 Å². The number of aromatic amines is 1. The summed E-state index contributed by atoms with van der Waals surface area (Å²) in [5.41, 5.74) is 8.83. The third kappa shape index (κ3) is 1.18. The zero-order chi connectivity index (χ0) is 10.3. The summed E-state index contributed by atoms with van der Waals surface area (Å²) in [6.07, 6.45) is 0. The van der Waals surface area contributed by atoms with Gasteiger partial charge in [-0.15, -0.1) is 0 Å². The van der Waals surface area contributed by atoms with Crippen molar-refractivity contribution in [2.75, 3.05) is 0 Å². The van der Waals surface area contributed by atoms with E-state index in [1.165, 1.54) is 0 Å². The summed E-state index contributed by atoms with van der Waals surface area (Å²) >= 11 is 0. The van der Waals surface area contributed by atoms with Crippen molar-refractivity contribution in [3.8, 4) is 0 Å². The lowest BCUT2D eigenvalue weighted by Crippen LogP contribution is -2.11. The van der Waals surface area contributed by atoms with Crippen molar-refractivity contribution in [1.29, 1.82) is 0 Å². The van der Waals surface area contributed by atoms with Crippen LogP contribution in [0.5, 0.6) is 0 Å². The molecule has 0 aliphatic heterocycles. The molecule has 14 heavy (non-hydrogen) atoms. The van der Waals surface area contributed by atoms with Crippen LogP contribution in [0.4, 0.5) is 0 Å². The first kappa shape index (κ1) is 8.81. The lowest BCUT2D eigenvalue weighted by Gasteiger charge is -1.95. The van der Waals surface area contributed by atoms with Crippen LogP contribution in [0, 0.1) is 13.8 Å². The van der Waals surface area contributed by atoms with Crippen molar-refractivity contribution in [3.05, 3.63) is 35.0 Å². The summed E-state index contributed by atoms with van der Waals surface area (Å²) in [4.78, 5) is 14.3. The number of amides is 1. The molecule has 1 heterocycles. The maximum atomic E-state index is 11.2. The quantitative estimate of drug-likeness (QED) is 0.705. The molecular formula is C11H12N2O. The molecule has 1 amide bonds. The van der Waals surface area contributed by atoms with Crippen molar-refractivity contribution in [1.82, 2.24) is 4.98 Å². The molecule has 0 bridgehead atoms. The first-order valence-electron chi connectivity index (χ1n) is 4.48. The van der Waals surface area contributed by atoms with Gasteiger partial charge in [-0.25, -0.2) is 0 Å². The monoisotopic (exact) mass is 188 g/mol. The molecule has 2 rings (SSSR count). The highest BCUT2D eigenvalue weighted by atomic mass is 16.1. The Morgan fingerprint density at radius 3 is 2.71 bits per heavy atom. The number of aromatic nitrogens is 1. The zero-order valence-electron chi connectivity index (χ0n) is 8.22. The lowest BCUT2D eigenvalue weighted by atomic mass is 10.1. The average Bonchev–Trinajstić information content (AvgIpc) is 2.40. The number of H-pyrrole nitrogens is 1. The Balaban J connectivity index is 2.86. The Bertz CT molecular complexity index is 511. The summed E-state index contributed by atoms with van der Waals surface area (Å²) in [7, 11) is 0. The topological polar surface area (TPSA) is 58.9 Å². The van der Waals surface area contributed by atoms with Crippen LogP contribution >= 0.6 is 0 Å². The van der Waals surface area contributed by atoms with Crippen LogP contribution in [0.1, 0.15) is 21.6 Å². The number of nitrogens with two attached hydrogens (primary N) is 1. The van der Waals surface area contributed by atoms with E-state index in [0.717, 1.165) is 22.2 Å². The van der Waals surface area contributed by atoms with Crippen LogP contribution in [-0.2, 0) is 0 Å². The molecule has 72 valence electrons. The number of aryl methyl sites for hydroxylation is 2. The van der Waals surface area contributed by atoms with Gasteiger partial charge in [0.05, 0.1) is 5.56 Å². The third-order valence-corrected chi connectivity index (χ3v) is 2.39. The standard InChI is InChI=1S/C11H12N2O/c1-6-3-4-9-8(5-6)10(11(12)14)7(2)13-9/h3-5,13H,1-2H3,(H2,12,14). The molecule has 0 saturated heterocycles. The molecule has 0 atom stereocenters. The van der Waals surface area contributed by atoms with Gasteiger partial charge in [-0.2, -0.15) is 0 Å². The Kier molecular flexibility index (Phi) is 1.81. The first-order valence-corrected chi connectivity index (χ1v) is 4.48. The second-order valence-electron chi connectivity index (χ2n) is 3.54. The van der Waals surface area contributed by atoms with Crippen LogP contribution < -0.4 is 5.73 Å². The molecule has 0 saturated carbocycles. The summed E-state index contributed by atoms with van der Waals surface area (Å²) in [6.45, 7) is 3.85. The molecule has 3 heteroatoms. The summed E-state index contributed by atoms with van der Waals surface area (Å²) in [5, 5.41) is 0.912. The van der Waals surface area contributed by atoms with E-state index in [-0.39, 0.29) is 5.91 Å². The van der Waals surface area contributed by atoms with Gasteiger partial charge in [0.1, 0.15) is 0 Å². The van der Waals surface area contributed by atoms with E-state index in [1.807, 2.05) is 32.0 Å². The number of carbonyl (C=O) groups is 1. The molecule has 0 radical (unpaired) electrons. The van der Waals surface area contributed by atoms with E-state index in [1.54, 1.807) is 0 Å². The van der Waals surface area contributed by atoms with E-state index >= 15 is 0 Å². The average molecular weight is 188 g/mol. The van der Waals surface area contributed by atoms with Gasteiger partial charge in [-0.1, -0.05) is 11.6 Å². The molecule has 1 aromatic heterocycles. The minimum atomic E-state index is -0.376. The second-order valence-corrected chi connectivity index (χ2v) is 3.54. The van der Waals surface area contributed by atoms with Crippen LogP contribution in [0.25, 0.3) is 10.9 Å². The van der Waals surface area contributed by atoms with Crippen LogP contribution in [0.2, 0.25) is 0 Å². The van der Waals surface area contributed by atoms with E-state index in [4.69, 9.17) is 5.73 Å². The number of fused-ring (bicyclic) bond motifs is 1. The molecule has 0 fully saturated rings. The van der Waals surface area contributed by atoms with Gasteiger partial charge in [-0.05, 0) is 26.0 Å². The van der Waals surface area contributed by atoms with Gasteiger partial charge in [0.2, 0.25) is 0 Å². The minimum absolute atomic E-state index is 0.376. The third-order valence-electron chi connectivity index (χ3n) is 2.39. The predicted octanol–water partition coefficient (Wildman–Crippen LogP) is 1.88. The van der Waals surface area contributed by atoms with Crippen molar-refractivity contribution in [2.24, 2.45) is 5.73 Å². The molecule has 0 aliphatic rings. The highest BCUT2D eigenvalue weighted by molar-refractivity contribution is 6.07. The molecule has 3 nitrogen and oxygen atoms in total. The molecule has 0 unspecified atom stereocenters. The lowest BCUT2D eigenvalue weighted by molar-refractivity contribution is 0.100. The molecule has 0 aliphatic carbocycles. The molecule has 1 aromatic carbocycles. The fourth-order valence-corrected chi connectivity index (χ4v) is 1.76. The van der Waals surface area contributed by atoms with Gasteiger partial charge in [-0.3, -0.25) is 4.79 Å². The maximum absolute atomic E-state index is 11.2. The minimum Gasteiger partial charge on any atom is -0.366 e. The smallest absolute Gasteiger partial charge is 0.251 e. The maximum Gasteiger partial charge on any atom is 0.251 e. The summed E-state index contributed by atoms with van der Waals surface area (Å²) in [6, 6.07) is 5.94. The molecule has 3 N–H and O–H groups in total. The van der Waals surface area contributed by atoms with E-state index in [0.29, 0.717) is 5.56 Å². The highest BCUT2D eigenvalue weighted by Crippen LogP contribution is 2.22. The normalized spacial score (nSPS) is 10.7. The van der Waals surface area contributed by atoms with Crippen LogP contribution in [-0.4, -0.2) is 10.9 Å². The van der Waals surface area contributed by atoms with E-state index in [2.05, 4.69) is 4.98 Å². The Hall–Kier alpha value is -1.77. The molecule has 0 spiro atoms. The fourth-order valence-electron chi connectivity index (χ4n) is 1.76. The highest BCUT2D eigenvalue weighted by Gasteiger charge is 2.12. The van der Waals surface area contributed by atoms with Crippen molar-refractivity contribution < 1.29 is 4.79 Å². The molecule has 2 aromatic rings. The number of primary amides is 1. The van der Waals surface area contributed by atoms with Crippen LogP contribution in [0.15, 0.2) is 18.2 Å². The Morgan fingerprint density at radius 1 is 1.36 bits per heavy atom. The van der Waals surface area contributed by atoms with Crippen molar-refractivity contribution >= 4 is 16.8 Å². The van der Waals surface area contributed by atoms with E-state index in [9.17, 15) is 4.79 Å². The first-order chi connectivity index (χ1) is 6.59. The van der Waals surface area contributed by atoms with Gasteiger partial charge < -0.3 is 10.7 Å². The number of carbonyl (C=O) groups excluding carboxylic acids is 1. The largest absolute Gasteiger partial charge is 0.366 e. The summed E-state index contributed by atoms with van der Waals surface area (Å²) < 4.78 is 0.